The van der Waals surface area contributed by atoms with Gasteiger partial charge < -0.3 is 9.62 Å². The summed E-state index contributed by atoms with van der Waals surface area (Å²) in [4.78, 5) is 22.4. The highest BCUT2D eigenvalue weighted by Gasteiger charge is 2.34. The average Bonchev–Trinajstić information content (AvgIpc) is 3.16. The molecular weight excluding hydrogens is 528 g/mol. The van der Waals surface area contributed by atoms with E-state index in [4.69, 9.17) is 0 Å². The summed E-state index contributed by atoms with van der Waals surface area (Å²) >= 11 is 1.46. The minimum Gasteiger partial charge on any atom is -0.337 e. The lowest BCUT2D eigenvalue weighted by Gasteiger charge is -2.22. The first-order valence-electron chi connectivity index (χ1n) is 12.5. The lowest BCUT2D eigenvalue weighted by molar-refractivity contribution is -0.140. The Hall–Kier alpha value is -3.63. The van der Waals surface area contributed by atoms with Crippen LogP contribution in [-0.4, -0.2) is 46.9 Å². The Morgan fingerprint density at radius 2 is 1.74 bits per heavy atom. The Bertz CT molecular complexity index is 1460. The van der Waals surface area contributed by atoms with Gasteiger partial charge in [-0.15, -0.1) is 0 Å². The van der Waals surface area contributed by atoms with Crippen molar-refractivity contribution in [2.75, 3.05) is 30.9 Å². The summed E-state index contributed by atoms with van der Waals surface area (Å²) in [5, 5.41) is 1.06. The Kier molecular flexibility index (Phi) is 8.04. The molecule has 0 saturated carbocycles. The molecular formula is C29H26F4N4OS. The van der Waals surface area contributed by atoms with Gasteiger partial charge in [-0.05, 0) is 72.5 Å². The molecule has 0 aliphatic carbocycles. The van der Waals surface area contributed by atoms with E-state index in [0.717, 1.165) is 33.6 Å². The average molecular weight is 555 g/mol. The smallest absolute Gasteiger partial charge is 0.337 e. The van der Waals surface area contributed by atoms with Crippen LogP contribution in [0.1, 0.15) is 27.9 Å². The van der Waals surface area contributed by atoms with Crippen molar-refractivity contribution in [2.45, 2.75) is 24.0 Å². The van der Waals surface area contributed by atoms with E-state index in [0.29, 0.717) is 50.3 Å². The number of anilines is 1. The van der Waals surface area contributed by atoms with Gasteiger partial charge in [0.15, 0.2) is 0 Å². The third-order valence-corrected chi connectivity index (χ3v) is 7.51. The maximum absolute atomic E-state index is 14.0. The molecule has 1 aromatic heterocycles. The zero-order chi connectivity index (χ0) is 27.4. The van der Waals surface area contributed by atoms with E-state index in [2.05, 4.69) is 9.71 Å². The first-order valence-corrected chi connectivity index (χ1v) is 13.3. The number of nitrogens with one attached hydrogen (secondary N) is 1. The second kappa shape index (κ2) is 11.6. The van der Waals surface area contributed by atoms with Gasteiger partial charge in [0.1, 0.15) is 5.82 Å². The number of halogens is 4. The lowest BCUT2D eigenvalue weighted by Crippen LogP contribution is -2.35. The molecule has 1 fully saturated rings. The molecule has 1 aliphatic rings. The molecule has 1 amide bonds. The number of aromatic nitrogens is 1. The number of hydrogen-bond donors (Lipinski definition) is 1. The number of fused-ring (bicyclic) bond motifs is 1. The van der Waals surface area contributed by atoms with Crippen molar-refractivity contribution in [2.24, 2.45) is 0 Å². The highest BCUT2D eigenvalue weighted by molar-refractivity contribution is 8.00. The Labute approximate surface area is 228 Å². The van der Waals surface area contributed by atoms with Gasteiger partial charge in [0.05, 0.1) is 16.0 Å². The summed E-state index contributed by atoms with van der Waals surface area (Å²) in [6.45, 7) is 2.58. The fourth-order valence-corrected chi connectivity index (χ4v) is 5.39. The fraction of sp³-hybridized carbons (Fsp3) is 0.241. The number of benzene rings is 3. The van der Waals surface area contributed by atoms with Gasteiger partial charge in [-0.3, -0.25) is 14.7 Å². The molecule has 0 bridgehead atoms. The predicted octanol–water partition coefficient (Wildman–Crippen LogP) is 6.86. The zero-order valence-corrected chi connectivity index (χ0v) is 21.7. The molecule has 0 unspecified atom stereocenters. The maximum atomic E-state index is 14.0. The predicted molar refractivity (Wildman–Crippen MR) is 145 cm³/mol. The van der Waals surface area contributed by atoms with E-state index in [1.54, 1.807) is 23.2 Å². The Morgan fingerprint density at radius 1 is 0.949 bits per heavy atom. The molecule has 202 valence electrons. The van der Waals surface area contributed by atoms with Crippen LogP contribution in [0.15, 0.2) is 83.9 Å². The molecule has 0 spiro atoms. The van der Waals surface area contributed by atoms with Crippen LogP contribution in [0.4, 0.5) is 23.2 Å². The van der Waals surface area contributed by atoms with Gasteiger partial charge >= 0.3 is 6.18 Å². The van der Waals surface area contributed by atoms with Crippen molar-refractivity contribution >= 4 is 34.4 Å². The molecule has 0 radical (unpaired) electrons. The second-order valence-corrected chi connectivity index (χ2v) is 10.2. The topological polar surface area (TPSA) is 48.5 Å². The van der Waals surface area contributed by atoms with Crippen molar-refractivity contribution in [3.05, 3.63) is 102 Å². The quantitative estimate of drug-likeness (QED) is 0.209. The zero-order valence-electron chi connectivity index (χ0n) is 20.9. The highest BCUT2D eigenvalue weighted by Crippen LogP contribution is 2.32. The van der Waals surface area contributed by atoms with Gasteiger partial charge in [0.25, 0.3) is 5.91 Å². The molecule has 1 saturated heterocycles. The largest absolute Gasteiger partial charge is 0.419 e. The molecule has 39 heavy (non-hydrogen) atoms. The number of nitrogens with zero attached hydrogens (tertiary/aromatic N) is 3. The molecule has 5 rings (SSSR count). The van der Waals surface area contributed by atoms with Crippen LogP contribution in [0, 0.1) is 5.82 Å². The molecule has 5 nitrogen and oxygen atoms in total. The third kappa shape index (κ3) is 6.51. The summed E-state index contributed by atoms with van der Waals surface area (Å²) in [7, 11) is 0. The number of carbonyl (C=O) groups excluding carboxylic acids is 1. The number of amides is 1. The molecule has 1 N–H and O–H groups in total. The van der Waals surface area contributed by atoms with Crippen molar-refractivity contribution < 1.29 is 22.4 Å². The first kappa shape index (κ1) is 27.0. The van der Waals surface area contributed by atoms with Crippen LogP contribution in [0.5, 0.6) is 0 Å². The van der Waals surface area contributed by atoms with Crippen LogP contribution >= 0.6 is 11.9 Å². The first-order chi connectivity index (χ1) is 18.8. The van der Waals surface area contributed by atoms with Gasteiger partial charge in [-0.1, -0.05) is 24.3 Å². The van der Waals surface area contributed by atoms with Gasteiger partial charge in [0.2, 0.25) is 0 Å². The highest BCUT2D eigenvalue weighted by atomic mass is 32.2. The summed E-state index contributed by atoms with van der Waals surface area (Å²) in [5.74, 6) is -1.34. The number of hydrogen-bond acceptors (Lipinski definition) is 5. The van der Waals surface area contributed by atoms with Crippen molar-refractivity contribution in [3.8, 4) is 0 Å². The molecule has 0 atom stereocenters. The van der Waals surface area contributed by atoms with Crippen LogP contribution in [0.25, 0.3) is 10.9 Å². The fourth-order valence-electron chi connectivity index (χ4n) is 4.61. The number of rotatable bonds is 6. The summed E-state index contributed by atoms with van der Waals surface area (Å²) < 4.78 is 55.8. The Morgan fingerprint density at radius 3 is 2.51 bits per heavy atom. The van der Waals surface area contributed by atoms with Gasteiger partial charge in [0, 0.05) is 55.6 Å². The van der Waals surface area contributed by atoms with E-state index in [1.807, 2.05) is 47.4 Å². The van der Waals surface area contributed by atoms with Crippen LogP contribution in [-0.2, 0) is 12.7 Å². The van der Waals surface area contributed by atoms with E-state index < -0.39 is 17.6 Å². The minimum atomic E-state index is -4.71. The third-order valence-electron chi connectivity index (χ3n) is 6.63. The number of carbonyl (C=O) groups is 1. The molecule has 1 aliphatic heterocycles. The monoisotopic (exact) mass is 554 g/mol. The van der Waals surface area contributed by atoms with E-state index in [-0.39, 0.29) is 5.91 Å². The number of alkyl halides is 3. The van der Waals surface area contributed by atoms with Gasteiger partial charge in [-0.25, -0.2) is 4.39 Å². The second-order valence-electron chi connectivity index (χ2n) is 9.35. The number of para-hydroxylation sites is 1. The summed E-state index contributed by atoms with van der Waals surface area (Å²) in [5.41, 5.74) is 1.57. The standard InChI is InChI=1S/C29H26F4N4OS/c30-25-18-20(7-12-24(25)29(31,32)33)19-36-14-3-15-37(17-16-36)28(38)22-8-10-23(11-9-22)35-39-26-6-1-4-21-5-2-13-34-27(21)26/h1-2,4-13,18,35H,3,14-17,19H2. The van der Waals surface area contributed by atoms with E-state index in [1.165, 1.54) is 18.0 Å². The van der Waals surface area contributed by atoms with Crippen molar-refractivity contribution in [3.63, 3.8) is 0 Å². The maximum Gasteiger partial charge on any atom is 0.419 e. The molecule has 3 aromatic carbocycles. The minimum absolute atomic E-state index is 0.0742. The normalized spacial score (nSPS) is 14.8. The van der Waals surface area contributed by atoms with E-state index >= 15 is 0 Å². The van der Waals surface area contributed by atoms with Crippen LogP contribution in [0.3, 0.4) is 0 Å². The number of pyridine rings is 1. The van der Waals surface area contributed by atoms with Gasteiger partial charge in [-0.2, -0.15) is 13.2 Å². The Balaban J connectivity index is 1.16. The van der Waals surface area contributed by atoms with Crippen molar-refractivity contribution in [1.82, 2.24) is 14.8 Å². The summed E-state index contributed by atoms with van der Waals surface area (Å²) in [6, 6.07) is 20.3. The lowest BCUT2D eigenvalue weighted by atomic mass is 10.1. The van der Waals surface area contributed by atoms with Crippen LogP contribution in [0.2, 0.25) is 0 Å². The summed E-state index contributed by atoms with van der Waals surface area (Å²) in [6.07, 6.45) is -2.24. The SMILES string of the molecule is O=C(c1ccc(NSc2cccc3cccnc23)cc1)N1CCCN(Cc2ccc(C(F)(F)F)c(F)c2)CC1. The van der Waals surface area contributed by atoms with Crippen LogP contribution < -0.4 is 4.72 Å². The van der Waals surface area contributed by atoms with Crippen molar-refractivity contribution in [1.29, 1.82) is 0 Å². The van der Waals surface area contributed by atoms with E-state index in [9.17, 15) is 22.4 Å². The molecule has 4 aromatic rings. The molecule has 2 heterocycles. The molecule has 10 heteroatoms.